The van der Waals surface area contributed by atoms with E-state index >= 15 is 0 Å². The summed E-state index contributed by atoms with van der Waals surface area (Å²) in [5.74, 6) is -2.12. The SMILES string of the molecule is C=C(C)[C@@H]1CCC(C)=C[C@H]1c1c(O)cc(CCCCC)cc1OC(=S)CC/C=C/C1=C(C(=O)OC(=O)c2ccc([N+](=O)[O-])cc2)N2C(=O)[C@@H](CC(=O)COc3ccccc3)[C@H]2SC1. The number of nitrogens with zero attached hydrogens (tertiary/aromatic N) is 2. The van der Waals surface area contributed by atoms with Gasteiger partial charge in [0.1, 0.15) is 29.6 Å². The van der Waals surface area contributed by atoms with Crippen molar-refractivity contribution in [2.45, 2.75) is 89.9 Å². The molecule has 1 amide bonds. The number of ketones is 1. The van der Waals surface area contributed by atoms with Crippen LogP contribution in [0.15, 0.2) is 114 Å². The zero-order valence-corrected chi connectivity index (χ0v) is 37.3. The molecule has 1 fully saturated rings. The molecule has 0 saturated carbocycles. The fourth-order valence-corrected chi connectivity index (χ4v) is 9.70. The van der Waals surface area contributed by atoms with Gasteiger partial charge >= 0.3 is 11.9 Å². The molecule has 1 aliphatic carbocycles. The normalized spacial score (nSPS) is 19.4. The summed E-state index contributed by atoms with van der Waals surface area (Å²) in [5, 5.41) is 22.4. The van der Waals surface area contributed by atoms with Crippen molar-refractivity contribution in [3.8, 4) is 17.2 Å². The van der Waals surface area contributed by atoms with Gasteiger partial charge in [0.2, 0.25) is 5.91 Å². The molecule has 6 rings (SSSR count). The Kier molecular flexibility index (Phi) is 15.9. The highest BCUT2D eigenvalue weighted by atomic mass is 32.2. The fourth-order valence-electron chi connectivity index (χ4n) is 8.11. The number of phenols is 1. The fraction of sp³-hybridized carbons (Fsp3) is 0.367. The lowest BCUT2D eigenvalue weighted by atomic mass is 9.73. The minimum Gasteiger partial charge on any atom is -0.507 e. The summed E-state index contributed by atoms with van der Waals surface area (Å²) < 4.78 is 17.3. The number of fused-ring (bicyclic) bond motifs is 1. The van der Waals surface area contributed by atoms with Crippen molar-refractivity contribution in [2.24, 2.45) is 11.8 Å². The number of unbranched alkanes of at least 4 members (excludes halogenated alkanes) is 2. The number of benzene rings is 3. The number of hydrogen-bond acceptors (Lipinski definition) is 12. The van der Waals surface area contributed by atoms with E-state index in [9.17, 15) is 34.4 Å². The molecule has 3 aromatic rings. The number of nitro groups is 1. The number of nitro benzene ring substituents is 1. The topological polar surface area (TPSA) is 163 Å². The molecule has 330 valence electrons. The van der Waals surface area contributed by atoms with E-state index in [2.05, 4.69) is 26.5 Å². The summed E-state index contributed by atoms with van der Waals surface area (Å²) >= 11 is 7.16. The van der Waals surface area contributed by atoms with Gasteiger partial charge in [0, 0.05) is 42.2 Å². The van der Waals surface area contributed by atoms with Gasteiger partial charge in [-0.25, -0.2) is 9.59 Å². The number of amides is 1. The maximum Gasteiger partial charge on any atom is 0.363 e. The second kappa shape index (κ2) is 21.5. The van der Waals surface area contributed by atoms with Gasteiger partial charge in [-0.1, -0.05) is 73.9 Å². The number of rotatable bonds is 19. The maximum atomic E-state index is 13.8. The van der Waals surface area contributed by atoms with Gasteiger partial charge in [0.25, 0.3) is 5.69 Å². The molecule has 1 N–H and O–H groups in total. The second-order valence-electron chi connectivity index (χ2n) is 16.1. The van der Waals surface area contributed by atoms with E-state index in [1.807, 2.05) is 25.1 Å². The Bertz CT molecular complexity index is 2350. The van der Waals surface area contributed by atoms with Crippen LogP contribution in [-0.2, 0) is 25.5 Å². The predicted molar refractivity (Wildman–Crippen MR) is 246 cm³/mol. The maximum absolute atomic E-state index is 13.8. The third kappa shape index (κ3) is 11.6. The molecule has 3 aliphatic rings. The van der Waals surface area contributed by atoms with E-state index in [0.29, 0.717) is 40.5 Å². The zero-order chi connectivity index (χ0) is 45.2. The van der Waals surface area contributed by atoms with Crippen LogP contribution < -0.4 is 9.47 Å². The van der Waals surface area contributed by atoms with Crippen molar-refractivity contribution in [2.75, 3.05) is 12.4 Å². The van der Waals surface area contributed by atoms with Crippen LogP contribution in [0.2, 0.25) is 0 Å². The molecule has 63 heavy (non-hydrogen) atoms. The summed E-state index contributed by atoms with van der Waals surface area (Å²) in [6.07, 6.45) is 12.0. The molecule has 0 bridgehead atoms. The molecular formula is C49H52N2O10S2. The van der Waals surface area contributed by atoms with Crippen molar-refractivity contribution < 1.29 is 43.4 Å². The highest BCUT2D eigenvalue weighted by Crippen LogP contribution is 2.48. The van der Waals surface area contributed by atoms with Crippen LogP contribution >= 0.6 is 24.0 Å². The molecule has 2 heterocycles. The molecule has 4 atom stereocenters. The Balaban J connectivity index is 1.19. The van der Waals surface area contributed by atoms with E-state index in [1.54, 1.807) is 36.4 Å². The first kappa shape index (κ1) is 46.6. The summed E-state index contributed by atoms with van der Waals surface area (Å²) in [4.78, 5) is 65.3. The van der Waals surface area contributed by atoms with Crippen LogP contribution in [0.1, 0.15) is 99.5 Å². The van der Waals surface area contributed by atoms with E-state index in [4.69, 9.17) is 26.4 Å². The Morgan fingerprint density at radius 2 is 1.83 bits per heavy atom. The minimum atomic E-state index is -1.07. The number of hydrogen-bond donors (Lipinski definition) is 1. The number of carbonyl (C=O) groups excluding carboxylic acids is 4. The lowest BCUT2D eigenvalue weighted by Gasteiger charge is -2.49. The molecule has 0 spiro atoms. The van der Waals surface area contributed by atoms with Gasteiger partial charge in [-0.3, -0.25) is 24.6 Å². The smallest absolute Gasteiger partial charge is 0.363 e. The van der Waals surface area contributed by atoms with E-state index in [0.717, 1.165) is 61.8 Å². The number of allylic oxidation sites excluding steroid dienone is 5. The zero-order valence-electron chi connectivity index (χ0n) is 35.7. The number of ether oxygens (including phenoxy) is 3. The molecule has 2 aliphatic heterocycles. The number of aromatic hydroxyl groups is 1. The number of aryl methyl sites for hydroxylation is 1. The average Bonchev–Trinajstić information content (AvgIpc) is 3.26. The second-order valence-corrected chi connectivity index (χ2v) is 17.7. The third-order valence-electron chi connectivity index (χ3n) is 11.4. The molecule has 14 heteroatoms. The number of para-hydroxylation sites is 1. The lowest BCUT2D eigenvalue weighted by Crippen LogP contribution is -2.62. The molecule has 1 saturated heterocycles. The first-order chi connectivity index (χ1) is 30.2. The molecule has 3 aromatic carbocycles. The van der Waals surface area contributed by atoms with E-state index < -0.39 is 34.1 Å². The van der Waals surface area contributed by atoms with Gasteiger partial charge in [0.05, 0.1) is 21.8 Å². The van der Waals surface area contributed by atoms with Crippen molar-refractivity contribution in [1.82, 2.24) is 4.90 Å². The molecule has 0 radical (unpaired) electrons. The van der Waals surface area contributed by atoms with Crippen molar-refractivity contribution in [3.05, 3.63) is 141 Å². The number of β-lactam (4-membered cyclic amide) rings is 1. The lowest BCUT2D eigenvalue weighted by molar-refractivity contribution is -0.384. The first-order valence-corrected chi connectivity index (χ1v) is 22.6. The van der Waals surface area contributed by atoms with Gasteiger partial charge in [0.15, 0.2) is 10.8 Å². The molecule has 12 nitrogen and oxygen atoms in total. The van der Waals surface area contributed by atoms with Crippen LogP contribution in [0, 0.1) is 22.0 Å². The Hall–Kier alpha value is -5.86. The summed E-state index contributed by atoms with van der Waals surface area (Å²) in [6, 6.07) is 17.3. The largest absolute Gasteiger partial charge is 0.507 e. The van der Waals surface area contributed by atoms with Crippen LogP contribution in [0.4, 0.5) is 5.69 Å². The number of Topliss-reactive ketones (excluding diaryl/α,β-unsaturated/α-hetero) is 1. The van der Waals surface area contributed by atoms with Gasteiger partial charge in [-0.2, -0.15) is 0 Å². The number of carbonyl (C=O) groups is 4. The van der Waals surface area contributed by atoms with Crippen LogP contribution in [0.3, 0.4) is 0 Å². The van der Waals surface area contributed by atoms with Crippen LogP contribution in [0.25, 0.3) is 0 Å². The van der Waals surface area contributed by atoms with E-state index in [-0.39, 0.29) is 59.1 Å². The van der Waals surface area contributed by atoms with Crippen molar-refractivity contribution >= 4 is 58.3 Å². The number of thioether (sulfide) groups is 1. The highest BCUT2D eigenvalue weighted by Gasteiger charge is 2.54. The van der Waals surface area contributed by atoms with Crippen molar-refractivity contribution in [1.29, 1.82) is 0 Å². The highest BCUT2D eigenvalue weighted by molar-refractivity contribution is 8.00. The Labute approximate surface area is 377 Å². The number of non-ortho nitro benzene ring substituents is 1. The average molecular weight is 893 g/mol. The number of phenolic OH excluding ortho intramolecular Hbond substituents is 1. The number of esters is 2. The predicted octanol–water partition coefficient (Wildman–Crippen LogP) is 10.3. The molecule has 0 aromatic heterocycles. The van der Waals surface area contributed by atoms with E-state index in [1.165, 1.54) is 34.4 Å². The summed E-state index contributed by atoms with van der Waals surface area (Å²) in [7, 11) is 0. The number of thiocarbonyl (C=S) groups is 1. The van der Waals surface area contributed by atoms with Gasteiger partial charge in [-0.15, -0.1) is 11.8 Å². The first-order valence-electron chi connectivity index (χ1n) is 21.2. The quantitative estimate of drug-likeness (QED) is 0.0177. The Morgan fingerprint density at radius 1 is 1.08 bits per heavy atom. The van der Waals surface area contributed by atoms with Gasteiger partial charge in [-0.05, 0) is 112 Å². The monoisotopic (exact) mass is 892 g/mol. The minimum absolute atomic E-state index is 0.0912. The standard InChI is InChI=1S/C49H52N2O10S2/c1-5-6-8-13-32-25-41(53)44(39-24-31(4)18-23-38(39)30(2)3)42(26-32)60-43(62)17-12-11-14-34-29-63-47-40(27-36(52)28-59-37-15-9-7-10-16-37)46(54)50(47)45(34)49(56)61-48(55)33-19-21-35(22-20-33)51(57)58/h7,9-11,14-16,19-22,24-26,38-40,47,53H,2,5-6,8,12-13,17-18,23,27-29H2,1,3-4H3/b14-11+/t38-,39+,40+,47+/m0/s1. The van der Waals surface area contributed by atoms with Gasteiger partial charge < -0.3 is 19.3 Å². The van der Waals surface area contributed by atoms with Crippen LogP contribution in [-0.4, -0.2) is 61.3 Å². The molecular weight excluding hydrogens is 841 g/mol. The summed E-state index contributed by atoms with van der Waals surface area (Å²) in [6.45, 7) is 10.3. The van der Waals surface area contributed by atoms with Crippen molar-refractivity contribution in [3.63, 3.8) is 0 Å². The third-order valence-corrected chi connectivity index (χ3v) is 13.1. The molecule has 0 unspecified atom stereocenters. The summed E-state index contributed by atoms with van der Waals surface area (Å²) in [5.41, 5.74) is 3.89. The Morgan fingerprint density at radius 3 is 2.52 bits per heavy atom. The van der Waals surface area contributed by atoms with Crippen LogP contribution in [0.5, 0.6) is 17.2 Å².